The SMILES string of the molecule is CCCn1ncc(NC(C)c2ccccc2)c(Cl)c1=O. The van der Waals surface area contributed by atoms with E-state index < -0.39 is 0 Å². The summed E-state index contributed by atoms with van der Waals surface area (Å²) in [5.74, 6) is 0. The Morgan fingerprint density at radius 1 is 1.35 bits per heavy atom. The van der Waals surface area contributed by atoms with Crippen LogP contribution >= 0.6 is 11.6 Å². The molecule has 2 aromatic rings. The van der Waals surface area contributed by atoms with Crippen molar-refractivity contribution in [2.45, 2.75) is 32.9 Å². The molecule has 5 heteroatoms. The van der Waals surface area contributed by atoms with Crippen molar-refractivity contribution < 1.29 is 0 Å². The Hall–Kier alpha value is -1.81. The molecule has 0 saturated heterocycles. The lowest BCUT2D eigenvalue weighted by Crippen LogP contribution is -2.24. The lowest BCUT2D eigenvalue weighted by Gasteiger charge is -2.16. The molecular weight excluding hydrogens is 274 g/mol. The van der Waals surface area contributed by atoms with Gasteiger partial charge in [-0.25, -0.2) is 4.68 Å². The lowest BCUT2D eigenvalue weighted by atomic mass is 10.1. The first-order chi connectivity index (χ1) is 9.63. The van der Waals surface area contributed by atoms with Crippen LogP contribution in [0.2, 0.25) is 5.02 Å². The molecule has 20 heavy (non-hydrogen) atoms. The first kappa shape index (κ1) is 14.6. The normalized spacial score (nSPS) is 12.2. The lowest BCUT2D eigenvalue weighted by molar-refractivity contribution is 0.568. The summed E-state index contributed by atoms with van der Waals surface area (Å²) >= 11 is 6.13. The number of aryl methyl sites for hydroxylation is 1. The zero-order valence-corrected chi connectivity index (χ0v) is 12.4. The number of hydrogen-bond donors (Lipinski definition) is 1. The highest BCUT2D eigenvalue weighted by atomic mass is 35.5. The maximum Gasteiger partial charge on any atom is 0.287 e. The third kappa shape index (κ3) is 3.20. The van der Waals surface area contributed by atoms with Gasteiger partial charge in [-0.05, 0) is 18.9 Å². The zero-order chi connectivity index (χ0) is 14.5. The van der Waals surface area contributed by atoms with Crippen LogP contribution in [0.4, 0.5) is 5.69 Å². The Morgan fingerprint density at radius 2 is 2.05 bits per heavy atom. The minimum atomic E-state index is -0.251. The van der Waals surface area contributed by atoms with E-state index in [9.17, 15) is 4.79 Å². The van der Waals surface area contributed by atoms with Crippen molar-refractivity contribution in [1.82, 2.24) is 9.78 Å². The Labute approximate surface area is 123 Å². The van der Waals surface area contributed by atoms with Crippen LogP contribution in [0.3, 0.4) is 0 Å². The van der Waals surface area contributed by atoms with E-state index in [0.29, 0.717) is 12.2 Å². The molecule has 2 rings (SSSR count). The van der Waals surface area contributed by atoms with Crippen LogP contribution in [0.15, 0.2) is 41.3 Å². The van der Waals surface area contributed by atoms with Crippen LogP contribution in [0, 0.1) is 0 Å². The molecule has 4 nitrogen and oxygen atoms in total. The third-order valence-electron chi connectivity index (χ3n) is 3.09. The van der Waals surface area contributed by atoms with Crippen molar-refractivity contribution in [2.24, 2.45) is 0 Å². The van der Waals surface area contributed by atoms with Gasteiger partial charge in [0.15, 0.2) is 0 Å². The highest BCUT2D eigenvalue weighted by Gasteiger charge is 2.12. The largest absolute Gasteiger partial charge is 0.376 e. The van der Waals surface area contributed by atoms with Crippen molar-refractivity contribution >= 4 is 17.3 Å². The highest BCUT2D eigenvalue weighted by molar-refractivity contribution is 6.32. The predicted molar refractivity (Wildman–Crippen MR) is 82.3 cm³/mol. The molecule has 0 fully saturated rings. The second kappa shape index (κ2) is 6.57. The second-order valence-corrected chi connectivity index (χ2v) is 5.06. The van der Waals surface area contributed by atoms with Crippen LogP contribution in [0.1, 0.15) is 31.9 Å². The summed E-state index contributed by atoms with van der Waals surface area (Å²) in [4.78, 5) is 12.0. The van der Waals surface area contributed by atoms with Crippen molar-refractivity contribution in [3.05, 3.63) is 57.5 Å². The molecule has 0 saturated carbocycles. The summed E-state index contributed by atoms with van der Waals surface area (Å²) in [6.45, 7) is 4.59. The van der Waals surface area contributed by atoms with Crippen LogP contribution in [-0.4, -0.2) is 9.78 Å². The van der Waals surface area contributed by atoms with Gasteiger partial charge in [-0.1, -0.05) is 48.9 Å². The average molecular weight is 292 g/mol. The van der Waals surface area contributed by atoms with Gasteiger partial charge in [0.1, 0.15) is 5.02 Å². The summed E-state index contributed by atoms with van der Waals surface area (Å²) in [5, 5.41) is 7.55. The molecule has 0 spiro atoms. The van der Waals surface area contributed by atoms with Gasteiger partial charge in [0.25, 0.3) is 5.56 Å². The molecular formula is C15H18ClN3O. The van der Waals surface area contributed by atoms with Crippen molar-refractivity contribution in [1.29, 1.82) is 0 Å². The minimum absolute atomic E-state index is 0.0527. The quantitative estimate of drug-likeness (QED) is 0.917. The standard InChI is InChI=1S/C15H18ClN3O/c1-3-9-19-15(20)14(16)13(10-17-19)18-11(2)12-7-5-4-6-8-12/h4-8,10-11,18H,3,9H2,1-2H3. The molecule has 1 aromatic heterocycles. The van der Waals surface area contributed by atoms with E-state index in [-0.39, 0.29) is 16.6 Å². The van der Waals surface area contributed by atoms with Crippen LogP contribution in [0.25, 0.3) is 0 Å². The van der Waals surface area contributed by atoms with Crippen LogP contribution in [0.5, 0.6) is 0 Å². The molecule has 0 aliphatic heterocycles. The number of rotatable bonds is 5. The van der Waals surface area contributed by atoms with Gasteiger partial charge >= 0.3 is 0 Å². The van der Waals surface area contributed by atoms with E-state index in [1.54, 1.807) is 6.20 Å². The first-order valence-corrected chi connectivity index (χ1v) is 7.08. The minimum Gasteiger partial charge on any atom is -0.376 e. The van der Waals surface area contributed by atoms with E-state index in [2.05, 4.69) is 10.4 Å². The topological polar surface area (TPSA) is 46.9 Å². The van der Waals surface area contributed by atoms with E-state index in [1.165, 1.54) is 4.68 Å². The monoisotopic (exact) mass is 291 g/mol. The molecule has 0 aliphatic carbocycles. The summed E-state index contributed by atoms with van der Waals surface area (Å²) in [6, 6.07) is 10.0. The molecule has 1 atom stereocenters. The Balaban J connectivity index is 2.22. The fraction of sp³-hybridized carbons (Fsp3) is 0.333. The average Bonchev–Trinajstić information content (AvgIpc) is 2.48. The maximum absolute atomic E-state index is 12.0. The summed E-state index contributed by atoms with van der Waals surface area (Å²) in [5.41, 5.74) is 1.44. The van der Waals surface area contributed by atoms with E-state index in [4.69, 9.17) is 11.6 Å². The molecule has 0 radical (unpaired) electrons. The number of halogens is 1. The van der Waals surface area contributed by atoms with E-state index in [1.807, 2.05) is 44.2 Å². The summed E-state index contributed by atoms with van der Waals surface area (Å²) in [6.07, 6.45) is 2.45. The Kier molecular flexibility index (Phi) is 4.79. The molecule has 1 heterocycles. The summed E-state index contributed by atoms with van der Waals surface area (Å²) < 4.78 is 1.39. The van der Waals surface area contributed by atoms with Gasteiger partial charge in [-0.3, -0.25) is 4.79 Å². The number of nitrogens with zero attached hydrogens (tertiary/aromatic N) is 2. The highest BCUT2D eigenvalue weighted by Crippen LogP contribution is 2.22. The van der Waals surface area contributed by atoms with Crippen LogP contribution < -0.4 is 10.9 Å². The molecule has 1 aromatic carbocycles. The van der Waals surface area contributed by atoms with Gasteiger partial charge < -0.3 is 5.32 Å². The van der Waals surface area contributed by atoms with Crippen molar-refractivity contribution in [3.8, 4) is 0 Å². The molecule has 1 N–H and O–H groups in total. The number of benzene rings is 1. The molecule has 106 valence electrons. The van der Waals surface area contributed by atoms with E-state index >= 15 is 0 Å². The van der Waals surface area contributed by atoms with Crippen molar-refractivity contribution in [3.63, 3.8) is 0 Å². The van der Waals surface area contributed by atoms with Gasteiger partial charge in [0, 0.05) is 12.6 Å². The number of anilines is 1. The maximum atomic E-state index is 12.0. The number of nitrogens with one attached hydrogen (secondary N) is 1. The van der Waals surface area contributed by atoms with Gasteiger partial charge in [-0.2, -0.15) is 5.10 Å². The van der Waals surface area contributed by atoms with Gasteiger partial charge in [-0.15, -0.1) is 0 Å². The third-order valence-corrected chi connectivity index (χ3v) is 3.46. The molecule has 0 bridgehead atoms. The Morgan fingerprint density at radius 3 is 2.70 bits per heavy atom. The smallest absolute Gasteiger partial charge is 0.287 e. The fourth-order valence-corrected chi connectivity index (χ4v) is 2.20. The predicted octanol–water partition coefficient (Wildman–Crippen LogP) is 3.48. The number of aromatic nitrogens is 2. The zero-order valence-electron chi connectivity index (χ0n) is 11.6. The fourth-order valence-electron chi connectivity index (χ4n) is 2.00. The van der Waals surface area contributed by atoms with Crippen LogP contribution in [-0.2, 0) is 6.54 Å². The molecule has 1 unspecified atom stereocenters. The first-order valence-electron chi connectivity index (χ1n) is 6.70. The van der Waals surface area contributed by atoms with Gasteiger partial charge in [0.05, 0.1) is 11.9 Å². The van der Waals surface area contributed by atoms with Crippen molar-refractivity contribution in [2.75, 3.05) is 5.32 Å². The molecule has 0 amide bonds. The Bertz CT molecular complexity index is 625. The molecule has 0 aliphatic rings. The summed E-state index contributed by atoms with van der Waals surface area (Å²) in [7, 11) is 0. The number of hydrogen-bond acceptors (Lipinski definition) is 3. The van der Waals surface area contributed by atoms with E-state index in [0.717, 1.165) is 12.0 Å². The second-order valence-electron chi connectivity index (χ2n) is 4.68. The van der Waals surface area contributed by atoms with Gasteiger partial charge in [0.2, 0.25) is 0 Å².